The molecule has 1 aromatic rings. The molecule has 1 saturated heterocycles. The zero-order chi connectivity index (χ0) is 12.6. The van der Waals surface area contributed by atoms with Crippen molar-refractivity contribution in [3.63, 3.8) is 0 Å². The van der Waals surface area contributed by atoms with E-state index in [1.165, 1.54) is 0 Å². The van der Waals surface area contributed by atoms with Gasteiger partial charge in [-0.1, -0.05) is 0 Å². The molecule has 0 aliphatic carbocycles. The summed E-state index contributed by atoms with van der Waals surface area (Å²) in [5.74, 6) is -4.05. The molecule has 1 aromatic carbocycles. The van der Waals surface area contributed by atoms with Crippen LogP contribution in [0, 0.1) is 17.5 Å². The third-order valence-corrected chi connectivity index (χ3v) is 3.91. The van der Waals surface area contributed by atoms with Crippen molar-refractivity contribution in [3.05, 3.63) is 29.6 Å². The van der Waals surface area contributed by atoms with Gasteiger partial charge in [-0.05, 0) is 0 Å². The van der Waals surface area contributed by atoms with Crippen molar-refractivity contribution >= 4 is 10.0 Å². The van der Waals surface area contributed by atoms with Crippen LogP contribution in [-0.2, 0) is 10.0 Å². The molecule has 4 nitrogen and oxygen atoms in total. The standard InChI is InChI=1S/C9H9F3N2O2S/c10-5-1-7(11)9(8(12)2-5)17(15,16)14-6-3-13-4-6/h1-2,6,13-14H,3-4H2. The average molecular weight is 266 g/mol. The monoisotopic (exact) mass is 266 g/mol. The molecule has 0 radical (unpaired) electrons. The second kappa shape index (κ2) is 4.28. The molecule has 8 heteroatoms. The van der Waals surface area contributed by atoms with E-state index in [1.54, 1.807) is 0 Å². The van der Waals surface area contributed by atoms with Crippen LogP contribution in [0.25, 0.3) is 0 Å². The van der Waals surface area contributed by atoms with Gasteiger partial charge in [0.05, 0.1) is 0 Å². The molecule has 1 fully saturated rings. The van der Waals surface area contributed by atoms with Gasteiger partial charge in [0.15, 0.2) is 4.90 Å². The van der Waals surface area contributed by atoms with Crippen LogP contribution in [0.4, 0.5) is 13.2 Å². The number of benzene rings is 1. The molecule has 0 bridgehead atoms. The van der Waals surface area contributed by atoms with Crippen molar-refractivity contribution in [3.8, 4) is 0 Å². The summed E-state index contributed by atoms with van der Waals surface area (Å²) in [6.07, 6.45) is 0. The van der Waals surface area contributed by atoms with E-state index in [-0.39, 0.29) is 0 Å². The lowest BCUT2D eigenvalue weighted by molar-refractivity contribution is 0.407. The molecule has 1 aliphatic heterocycles. The molecule has 0 saturated carbocycles. The second-order valence-electron chi connectivity index (χ2n) is 3.68. The van der Waals surface area contributed by atoms with Gasteiger partial charge in [0.2, 0.25) is 10.0 Å². The molecule has 17 heavy (non-hydrogen) atoms. The van der Waals surface area contributed by atoms with Gasteiger partial charge in [0.25, 0.3) is 0 Å². The number of nitrogens with one attached hydrogen (secondary N) is 2. The van der Waals surface area contributed by atoms with Crippen LogP contribution < -0.4 is 10.0 Å². The lowest BCUT2D eigenvalue weighted by Crippen LogP contribution is -2.56. The number of halogens is 3. The highest BCUT2D eigenvalue weighted by Gasteiger charge is 2.29. The molecule has 0 unspecified atom stereocenters. The minimum atomic E-state index is -4.31. The van der Waals surface area contributed by atoms with Gasteiger partial charge in [-0.3, -0.25) is 0 Å². The minimum absolute atomic E-state index is 0.330. The number of sulfonamides is 1. The first kappa shape index (κ1) is 12.3. The molecule has 2 N–H and O–H groups in total. The Morgan fingerprint density at radius 3 is 2.12 bits per heavy atom. The van der Waals surface area contributed by atoms with Crippen LogP contribution in [-0.4, -0.2) is 27.5 Å². The zero-order valence-corrected chi connectivity index (χ0v) is 9.32. The molecule has 0 atom stereocenters. The van der Waals surface area contributed by atoms with Crippen molar-refractivity contribution in [2.45, 2.75) is 10.9 Å². The molecule has 0 spiro atoms. The number of hydrogen-bond donors (Lipinski definition) is 2. The van der Waals surface area contributed by atoms with Gasteiger partial charge < -0.3 is 5.32 Å². The van der Waals surface area contributed by atoms with Crippen molar-refractivity contribution in [1.82, 2.24) is 10.0 Å². The highest BCUT2D eigenvalue weighted by molar-refractivity contribution is 7.89. The summed E-state index contributed by atoms with van der Waals surface area (Å²) in [5.41, 5.74) is 0. The minimum Gasteiger partial charge on any atom is -0.313 e. The van der Waals surface area contributed by atoms with E-state index in [0.717, 1.165) is 0 Å². The van der Waals surface area contributed by atoms with Crippen molar-refractivity contribution in [2.75, 3.05) is 13.1 Å². The van der Waals surface area contributed by atoms with Gasteiger partial charge in [-0.25, -0.2) is 26.3 Å². The van der Waals surface area contributed by atoms with Gasteiger partial charge >= 0.3 is 0 Å². The van der Waals surface area contributed by atoms with Gasteiger partial charge in [0.1, 0.15) is 17.5 Å². The third kappa shape index (κ3) is 2.43. The second-order valence-corrected chi connectivity index (χ2v) is 5.33. The Morgan fingerprint density at radius 1 is 1.18 bits per heavy atom. The number of rotatable bonds is 3. The van der Waals surface area contributed by atoms with Crippen molar-refractivity contribution in [2.24, 2.45) is 0 Å². The summed E-state index contributed by atoms with van der Waals surface area (Å²) in [6.45, 7) is 0.785. The lowest BCUT2D eigenvalue weighted by Gasteiger charge is -2.27. The molecule has 0 aromatic heterocycles. The van der Waals surface area contributed by atoms with Gasteiger partial charge in [-0.2, -0.15) is 0 Å². The molecular formula is C9H9F3N2O2S. The van der Waals surface area contributed by atoms with E-state index in [2.05, 4.69) is 10.0 Å². The van der Waals surface area contributed by atoms with E-state index in [1.807, 2.05) is 0 Å². The van der Waals surface area contributed by atoms with E-state index in [4.69, 9.17) is 0 Å². The van der Waals surface area contributed by atoms with Gasteiger partial charge in [-0.15, -0.1) is 0 Å². The fourth-order valence-corrected chi connectivity index (χ4v) is 2.79. The van der Waals surface area contributed by atoms with E-state index < -0.39 is 38.4 Å². The van der Waals surface area contributed by atoms with Crippen LogP contribution in [0.2, 0.25) is 0 Å². The first-order valence-electron chi connectivity index (χ1n) is 4.78. The normalized spacial score (nSPS) is 16.9. The smallest absolute Gasteiger partial charge is 0.246 e. The molecule has 2 rings (SSSR count). The Morgan fingerprint density at radius 2 is 1.71 bits per heavy atom. The Kier molecular flexibility index (Phi) is 3.11. The van der Waals surface area contributed by atoms with Crippen molar-refractivity contribution in [1.29, 1.82) is 0 Å². The Hall–Kier alpha value is -1.12. The predicted molar refractivity (Wildman–Crippen MR) is 53.3 cm³/mol. The van der Waals surface area contributed by atoms with E-state index >= 15 is 0 Å². The Bertz CT molecular complexity index is 520. The SMILES string of the molecule is O=S(=O)(NC1CNC1)c1c(F)cc(F)cc1F. The molecule has 94 valence electrons. The third-order valence-electron chi connectivity index (χ3n) is 2.34. The maximum Gasteiger partial charge on any atom is 0.246 e. The fraction of sp³-hybridized carbons (Fsp3) is 0.333. The highest BCUT2D eigenvalue weighted by atomic mass is 32.2. The lowest BCUT2D eigenvalue weighted by atomic mass is 10.2. The first-order chi connectivity index (χ1) is 7.90. The van der Waals surface area contributed by atoms with Crippen molar-refractivity contribution < 1.29 is 21.6 Å². The number of hydrogen-bond acceptors (Lipinski definition) is 3. The van der Waals surface area contributed by atoms with E-state index in [9.17, 15) is 21.6 Å². The topological polar surface area (TPSA) is 58.2 Å². The first-order valence-corrected chi connectivity index (χ1v) is 6.26. The van der Waals surface area contributed by atoms with Crippen LogP contribution in [0.1, 0.15) is 0 Å². The van der Waals surface area contributed by atoms with Gasteiger partial charge in [0, 0.05) is 31.3 Å². The molecular weight excluding hydrogens is 257 g/mol. The maximum atomic E-state index is 13.3. The van der Waals surface area contributed by atoms with E-state index in [0.29, 0.717) is 25.2 Å². The van der Waals surface area contributed by atoms with Crippen LogP contribution >= 0.6 is 0 Å². The average Bonchev–Trinajstić information content (AvgIpc) is 2.09. The summed E-state index contributed by atoms with van der Waals surface area (Å²) in [5, 5.41) is 2.80. The fourth-order valence-electron chi connectivity index (χ4n) is 1.44. The summed E-state index contributed by atoms with van der Waals surface area (Å²) >= 11 is 0. The Balaban J connectivity index is 2.38. The largest absolute Gasteiger partial charge is 0.313 e. The summed E-state index contributed by atoms with van der Waals surface area (Å²) in [6, 6.07) is 0.261. The summed E-state index contributed by atoms with van der Waals surface area (Å²) in [7, 11) is -4.31. The van der Waals surface area contributed by atoms with Crippen LogP contribution in [0.3, 0.4) is 0 Å². The van der Waals surface area contributed by atoms with Crippen LogP contribution in [0.5, 0.6) is 0 Å². The van der Waals surface area contributed by atoms with Crippen LogP contribution in [0.15, 0.2) is 17.0 Å². The Labute approximate surface area is 95.9 Å². The zero-order valence-electron chi connectivity index (χ0n) is 8.50. The molecule has 0 amide bonds. The summed E-state index contributed by atoms with van der Waals surface area (Å²) < 4.78 is 64.6. The summed E-state index contributed by atoms with van der Waals surface area (Å²) in [4.78, 5) is -1.15. The highest BCUT2D eigenvalue weighted by Crippen LogP contribution is 2.20. The molecule has 1 aliphatic rings. The molecule has 1 heterocycles. The quantitative estimate of drug-likeness (QED) is 0.830. The predicted octanol–water partition coefficient (Wildman–Crippen LogP) is 0.354. The maximum absolute atomic E-state index is 13.3.